The summed E-state index contributed by atoms with van der Waals surface area (Å²) in [7, 11) is 1.41. The zero-order chi connectivity index (χ0) is 24.4. The maximum absolute atomic E-state index is 13.3. The molecule has 0 aliphatic carbocycles. The Morgan fingerprint density at radius 2 is 1.88 bits per heavy atom. The predicted octanol–water partition coefficient (Wildman–Crippen LogP) is 4.00. The number of aryl methyl sites for hydroxylation is 2. The summed E-state index contributed by atoms with van der Waals surface area (Å²) in [6, 6.07) is 5.92. The van der Waals surface area contributed by atoms with E-state index in [1.165, 1.54) is 18.9 Å². The number of fused-ring (bicyclic) bond motifs is 1. The van der Waals surface area contributed by atoms with Gasteiger partial charge in [0.05, 0.1) is 30.8 Å². The lowest BCUT2D eigenvalue weighted by atomic mass is 9.89. The number of likely N-dealkylation sites (N-methyl/N-ethyl adjacent to an activating group) is 1. The SMILES string of the molecule is CCC1=C(C(=O)OC)C(c2cc(C)ccc2C)N2C(CC(=O)N3CCN(CC)CC3)=CSC2=N1. The van der Waals surface area contributed by atoms with E-state index in [4.69, 9.17) is 9.73 Å². The van der Waals surface area contributed by atoms with Crippen molar-refractivity contribution >= 4 is 28.8 Å². The van der Waals surface area contributed by atoms with Crippen LogP contribution in [0.5, 0.6) is 0 Å². The molecule has 7 nitrogen and oxygen atoms in total. The van der Waals surface area contributed by atoms with Gasteiger partial charge in [0.25, 0.3) is 0 Å². The molecule has 1 unspecified atom stereocenters. The topological polar surface area (TPSA) is 65.5 Å². The first-order valence-electron chi connectivity index (χ1n) is 12.0. The van der Waals surface area contributed by atoms with E-state index in [-0.39, 0.29) is 24.3 Å². The van der Waals surface area contributed by atoms with Gasteiger partial charge in [-0.2, -0.15) is 0 Å². The average Bonchev–Trinajstić information content (AvgIpc) is 3.26. The second-order valence-electron chi connectivity index (χ2n) is 8.95. The van der Waals surface area contributed by atoms with Crippen LogP contribution in [0.15, 0.2) is 45.6 Å². The van der Waals surface area contributed by atoms with Gasteiger partial charge in [0.2, 0.25) is 5.91 Å². The van der Waals surface area contributed by atoms with Crippen molar-refractivity contribution in [2.75, 3.05) is 39.8 Å². The van der Waals surface area contributed by atoms with Crippen molar-refractivity contribution in [1.29, 1.82) is 0 Å². The number of allylic oxidation sites excluding steroid dienone is 1. The number of rotatable bonds is 6. The molecule has 3 heterocycles. The molecule has 3 aliphatic rings. The first-order chi connectivity index (χ1) is 16.4. The number of esters is 1. The molecule has 8 heteroatoms. The number of aliphatic imine (C=N–C) groups is 1. The fourth-order valence-corrected chi connectivity index (χ4v) is 5.78. The maximum Gasteiger partial charge on any atom is 0.338 e. The van der Waals surface area contributed by atoms with Crippen LogP contribution in [0.25, 0.3) is 0 Å². The van der Waals surface area contributed by atoms with Crippen LogP contribution < -0.4 is 0 Å². The number of hydrogen-bond donors (Lipinski definition) is 0. The van der Waals surface area contributed by atoms with E-state index in [0.717, 1.165) is 66.0 Å². The lowest BCUT2D eigenvalue weighted by molar-refractivity contribution is -0.136. The highest BCUT2D eigenvalue weighted by molar-refractivity contribution is 8.16. The number of amides is 1. The van der Waals surface area contributed by atoms with Crippen LogP contribution in [-0.2, 0) is 14.3 Å². The van der Waals surface area contributed by atoms with E-state index in [1.54, 1.807) is 0 Å². The molecule has 1 amide bonds. The van der Waals surface area contributed by atoms with Gasteiger partial charge in [-0.05, 0) is 43.3 Å². The van der Waals surface area contributed by atoms with E-state index < -0.39 is 0 Å². The summed E-state index contributed by atoms with van der Waals surface area (Å²) in [5.41, 5.74) is 5.43. The van der Waals surface area contributed by atoms with Gasteiger partial charge in [-0.15, -0.1) is 0 Å². The Kier molecular flexibility index (Phi) is 7.48. The molecule has 0 N–H and O–H groups in total. The number of carbonyl (C=O) groups is 2. The maximum atomic E-state index is 13.3. The van der Waals surface area contributed by atoms with E-state index in [2.05, 4.69) is 48.8 Å². The molecule has 1 saturated heterocycles. The second kappa shape index (κ2) is 10.4. The largest absolute Gasteiger partial charge is 0.466 e. The Bertz CT molecular complexity index is 1070. The number of benzene rings is 1. The summed E-state index contributed by atoms with van der Waals surface area (Å²) in [5, 5.41) is 2.83. The first kappa shape index (κ1) is 24.5. The smallest absolute Gasteiger partial charge is 0.338 e. The van der Waals surface area contributed by atoms with Crippen LogP contribution in [0.2, 0.25) is 0 Å². The number of amidine groups is 1. The van der Waals surface area contributed by atoms with Crippen molar-refractivity contribution in [1.82, 2.24) is 14.7 Å². The van der Waals surface area contributed by atoms with Crippen LogP contribution >= 0.6 is 11.8 Å². The summed E-state index contributed by atoms with van der Waals surface area (Å²) in [6.45, 7) is 12.6. The zero-order valence-electron chi connectivity index (χ0n) is 20.8. The van der Waals surface area contributed by atoms with E-state index in [9.17, 15) is 9.59 Å². The highest BCUT2D eigenvalue weighted by Crippen LogP contribution is 2.46. The fourth-order valence-electron chi connectivity index (χ4n) is 4.84. The van der Waals surface area contributed by atoms with Gasteiger partial charge < -0.3 is 19.4 Å². The van der Waals surface area contributed by atoms with Crippen LogP contribution in [0.3, 0.4) is 0 Å². The van der Waals surface area contributed by atoms with Crippen molar-refractivity contribution in [2.45, 2.75) is 46.6 Å². The highest BCUT2D eigenvalue weighted by atomic mass is 32.2. The predicted molar refractivity (Wildman–Crippen MR) is 136 cm³/mol. The van der Waals surface area contributed by atoms with Crippen LogP contribution in [0.4, 0.5) is 0 Å². The van der Waals surface area contributed by atoms with Gasteiger partial charge in [-0.1, -0.05) is 49.4 Å². The number of methoxy groups -OCH3 is 1. The lowest BCUT2D eigenvalue weighted by Crippen LogP contribution is -2.49. The third kappa shape index (κ3) is 4.66. The zero-order valence-corrected chi connectivity index (χ0v) is 21.6. The minimum atomic E-state index is -0.374. The summed E-state index contributed by atoms with van der Waals surface area (Å²) in [5.74, 6) is -0.253. The minimum Gasteiger partial charge on any atom is -0.466 e. The Morgan fingerprint density at radius 3 is 2.53 bits per heavy atom. The quantitative estimate of drug-likeness (QED) is 0.571. The highest BCUT2D eigenvalue weighted by Gasteiger charge is 2.42. The van der Waals surface area contributed by atoms with Gasteiger partial charge in [0.1, 0.15) is 0 Å². The molecule has 34 heavy (non-hydrogen) atoms. The molecule has 4 rings (SSSR count). The van der Waals surface area contributed by atoms with Gasteiger partial charge in [0.15, 0.2) is 5.17 Å². The molecule has 1 fully saturated rings. The number of carbonyl (C=O) groups excluding carboxylic acids is 2. The molecule has 0 aromatic heterocycles. The van der Waals surface area contributed by atoms with Crippen LogP contribution in [0.1, 0.15) is 49.4 Å². The van der Waals surface area contributed by atoms with Crippen LogP contribution in [0, 0.1) is 13.8 Å². The molecular formula is C26H34N4O3S. The van der Waals surface area contributed by atoms with Gasteiger partial charge >= 0.3 is 5.97 Å². The Morgan fingerprint density at radius 1 is 1.15 bits per heavy atom. The van der Waals surface area contributed by atoms with E-state index in [1.807, 2.05) is 17.2 Å². The minimum absolute atomic E-state index is 0.119. The standard InChI is InChI=1S/C26H34N4O3S/c1-6-21-23(25(32)33-5)24(20-14-17(3)8-9-18(20)4)30-19(16-34-26(30)27-21)15-22(31)29-12-10-28(7-2)11-13-29/h8-9,14,16,24H,6-7,10-13,15H2,1-5H3. The van der Waals surface area contributed by atoms with Crippen molar-refractivity contribution in [2.24, 2.45) is 4.99 Å². The first-order valence-corrected chi connectivity index (χ1v) is 12.9. The molecule has 0 bridgehead atoms. The molecule has 182 valence electrons. The van der Waals surface area contributed by atoms with Crippen molar-refractivity contribution in [3.63, 3.8) is 0 Å². The molecule has 1 atom stereocenters. The molecule has 0 radical (unpaired) electrons. The normalized spacial score (nSPS) is 20.8. The summed E-state index contributed by atoms with van der Waals surface area (Å²) < 4.78 is 5.23. The molecular weight excluding hydrogens is 448 g/mol. The summed E-state index contributed by atoms with van der Waals surface area (Å²) in [4.78, 5) is 37.6. The lowest BCUT2D eigenvalue weighted by Gasteiger charge is -2.38. The Balaban J connectivity index is 1.69. The molecule has 3 aliphatic heterocycles. The van der Waals surface area contributed by atoms with Gasteiger partial charge in [-0.3, -0.25) is 4.79 Å². The molecule has 1 aromatic rings. The number of nitrogens with zero attached hydrogens (tertiary/aromatic N) is 4. The van der Waals surface area contributed by atoms with E-state index in [0.29, 0.717) is 12.0 Å². The third-order valence-corrected chi connectivity index (χ3v) is 7.75. The van der Waals surface area contributed by atoms with Crippen molar-refractivity contribution in [3.05, 3.63) is 57.3 Å². The number of ether oxygens (including phenoxy) is 1. The Labute approximate surface area is 206 Å². The number of thioether (sulfide) groups is 1. The van der Waals surface area contributed by atoms with Gasteiger partial charge in [0, 0.05) is 31.9 Å². The molecule has 0 saturated carbocycles. The van der Waals surface area contributed by atoms with Crippen LogP contribution in [-0.4, -0.2) is 71.6 Å². The number of hydrogen-bond acceptors (Lipinski definition) is 7. The molecule has 0 spiro atoms. The van der Waals surface area contributed by atoms with Gasteiger partial charge in [-0.25, -0.2) is 9.79 Å². The summed E-state index contributed by atoms with van der Waals surface area (Å²) in [6.07, 6.45) is 0.912. The Hall–Kier alpha value is -2.58. The monoisotopic (exact) mass is 482 g/mol. The fraction of sp³-hybridized carbons (Fsp3) is 0.500. The summed E-state index contributed by atoms with van der Waals surface area (Å²) >= 11 is 1.52. The van der Waals surface area contributed by atoms with Crippen molar-refractivity contribution in [3.8, 4) is 0 Å². The van der Waals surface area contributed by atoms with Crippen molar-refractivity contribution < 1.29 is 14.3 Å². The second-order valence-corrected chi connectivity index (χ2v) is 9.79. The average molecular weight is 483 g/mol. The molecule has 1 aromatic carbocycles. The third-order valence-electron chi connectivity index (χ3n) is 6.86. The van der Waals surface area contributed by atoms with E-state index >= 15 is 0 Å². The number of piperazine rings is 1.